The Morgan fingerprint density at radius 3 is 0.522 bits per heavy atom. The monoisotopic (exact) mass is 538 g/mol. The van der Waals surface area contributed by atoms with Crippen LogP contribution in [0, 0.1) is 0 Å². The predicted molar refractivity (Wildman–Crippen MR) is 135 cm³/mol. The van der Waals surface area contributed by atoms with Crippen molar-refractivity contribution in [3.05, 3.63) is 0 Å². The van der Waals surface area contributed by atoms with Gasteiger partial charge in [-0.3, -0.25) is 0 Å². The van der Waals surface area contributed by atoms with E-state index in [4.69, 9.17) is 138 Å². The van der Waals surface area contributed by atoms with Crippen molar-refractivity contribution in [3.8, 4) is 0 Å². The van der Waals surface area contributed by atoms with Crippen LogP contribution in [-0.2, 0) is 0 Å². The van der Waals surface area contributed by atoms with Gasteiger partial charge in [0.2, 0.25) is 47.3 Å². The van der Waals surface area contributed by atoms with Crippen LogP contribution in [0.3, 0.4) is 0 Å². The second kappa shape index (κ2) is 14.7. The molecule has 0 N–H and O–H groups in total. The Hall–Kier alpha value is 4.73. The first-order chi connectivity index (χ1) is 9.93. The molecule has 0 heterocycles. The second-order valence-electron chi connectivity index (χ2n) is 4.22. The van der Waals surface area contributed by atoms with Crippen LogP contribution in [0.1, 0.15) is 0 Å². The first kappa shape index (κ1) is 29.9. The number of hydrogen-bond acceptors (Lipinski definition) is 0. The molecule has 0 radical (unpaired) electrons. The minimum absolute atomic E-state index is 0. The van der Waals surface area contributed by atoms with E-state index in [2.05, 4.69) is 0 Å². The summed E-state index contributed by atoms with van der Waals surface area (Å²) < 4.78 is 0. The van der Waals surface area contributed by atoms with Crippen molar-refractivity contribution < 1.29 is 0 Å². The van der Waals surface area contributed by atoms with Crippen LogP contribution in [-0.4, -0.2) is 77.0 Å². The van der Waals surface area contributed by atoms with E-state index in [-0.39, 0.29) is 18.9 Å². The average Bonchev–Trinajstić information content (AvgIpc) is 2.48. The maximum absolute atomic E-state index is 6.20. The molecule has 0 unspecified atom stereocenters. The molecule has 0 nitrogen and oxygen atoms in total. The molecular weight excluding hydrogens is 540 g/mol. The maximum atomic E-state index is 6.20. The third-order valence-electron chi connectivity index (χ3n) is 2.61. The predicted octanol–water partition coefficient (Wildman–Crippen LogP) is 3.82. The van der Waals surface area contributed by atoms with Gasteiger partial charge in [0.15, 0.2) is 0 Å². The molecule has 0 aliphatic rings. The van der Waals surface area contributed by atoms with Crippen molar-refractivity contribution in [1.29, 1.82) is 0 Å². The van der Waals surface area contributed by atoms with Crippen molar-refractivity contribution in [1.82, 2.24) is 0 Å². The van der Waals surface area contributed by atoms with Gasteiger partial charge in [-0.05, 0) is 0 Å². The summed E-state index contributed by atoms with van der Waals surface area (Å²) in [6.07, 6.45) is 0. The second-order valence-corrected chi connectivity index (χ2v) is 10.6. The molecule has 0 bridgehead atoms. The van der Waals surface area contributed by atoms with Gasteiger partial charge in [0, 0.05) is 0 Å². The molecule has 23 heteroatoms. The SMILES string of the molecule is ClB(Cl)B(Cl)B(Cl)B(Cl)B(Cl)B(Cl)B(Cl)B(Cl)B(Cl)B(Cl)Cl.[LiH]. The van der Waals surface area contributed by atoms with E-state index in [1.165, 1.54) is 0 Å². The van der Waals surface area contributed by atoms with E-state index in [0.29, 0.717) is 0 Å². The fourth-order valence-electron chi connectivity index (χ4n) is 1.33. The van der Waals surface area contributed by atoms with Gasteiger partial charge in [0.25, 0.3) is 0 Å². The summed E-state index contributed by atoms with van der Waals surface area (Å²) in [5, 5.41) is 0. The molecule has 0 aliphatic heterocycles. The van der Waals surface area contributed by atoms with Crippen molar-refractivity contribution in [2.75, 3.05) is 0 Å². The molecule has 116 valence electrons. The molecule has 0 aliphatic carbocycles. The molecule has 0 aromatic rings. The van der Waals surface area contributed by atoms with Crippen LogP contribution in [0.5, 0.6) is 0 Å². The van der Waals surface area contributed by atoms with Crippen LogP contribution in [0.15, 0.2) is 0 Å². The van der Waals surface area contributed by atoms with Crippen LogP contribution in [0.25, 0.3) is 0 Å². The van der Waals surface area contributed by atoms with Crippen molar-refractivity contribution in [2.24, 2.45) is 0 Å². The van der Waals surface area contributed by atoms with Crippen LogP contribution < -0.4 is 0 Å². The average molecular weight is 542 g/mol. The Labute approximate surface area is 211 Å². The van der Waals surface area contributed by atoms with E-state index in [1.54, 1.807) is 0 Å². The van der Waals surface area contributed by atoms with E-state index in [1.807, 2.05) is 0 Å². The Morgan fingerprint density at radius 2 is 0.391 bits per heavy atom. The fraction of sp³-hybridized carbons (Fsp3) is 0. The van der Waals surface area contributed by atoms with Crippen LogP contribution >= 0.6 is 138 Å². The standard InChI is InChI=1S/B10Cl12.Li.H/c11-1(3(13)5(15)7(17)9(19)20)2(12)4(14)6(16)8(18)10(21)22;;. The van der Waals surface area contributed by atoms with E-state index < -0.39 is 58.1 Å². The third-order valence-corrected chi connectivity index (χ3v) is 9.42. The molecule has 0 fully saturated rings. The molecule has 23 heavy (non-hydrogen) atoms. The van der Waals surface area contributed by atoms with Gasteiger partial charge >= 0.3 is 29.7 Å². The van der Waals surface area contributed by atoms with Gasteiger partial charge in [-0.1, -0.05) is 0 Å². The Morgan fingerprint density at radius 1 is 0.261 bits per heavy atom. The Balaban J connectivity index is 0. The summed E-state index contributed by atoms with van der Waals surface area (Å²) in [7, 11) is 0. The minimum atomic E-state index is -0.934. The molecule has 0 atom stereocenters. The van der Waals surface area contributed by atoms with Gasteiger partial charge < -0.3 is 0 Å². The fourth-order valence-corrected chi connectivity index (χ4v) is 4.88. The Bertz CT molecular complexity index is 288. The van der Waals surface area contributed by atoms with Crippen molar-refractivity contribution >= 4 is 215 Å². The molecule has 0 spiro atoms. The summed E-state index contributed by atoms with van der Waals surface area (Å²) >= 11 is 71.5. The van der Waals surface area contributed by atoms with Crippen molar-refractivity contribution in [3.63, 3.8) is 0 Å². The number of halogens is 12. The summed E-state index contributed by atoms with van der Waals surface area (Å²) in [6.45, 7) is 0. The molecular formula is HB10Cl12Li. The number of rotatable bonds is 9. The van der Waals surface area contributed by atoms with Crippen molar-refractivity contribution in [2.45, 2.75) is 0 Å². The van der Waals surface area contributed by atoms with Gasteiger partial charge in [-0.25, -0.2) is 91.7 Å². The van der Waals surface area contributed by atoms with Crippen LogP contribution in [0.4, 0.5) is 0 Å². The van der Waals surface area contributed by atoms with E-state index in [0.717, 1.165) is 0 Å². The normalized spacial score (nSPS) is 9.39. The van der Waals surface area contributed by atoms with Gasteiger partial charge in [0.1, 0.15) is 0 Å². The first-order valence-corrected chi connectivity index (χ1v) is 10.9. The first-order valence-electron chi connectivity index (χ1n) is 5.62. The van der Waals surface area contributed by atoms with E-state index in [9.17, 15) is 0 Å². The molecule has 0 saturated carbocycles. The van der Waals surface area contributed by atoms with Crippen LogP contribution in [0.2, 0.25) is 0 Å². The summed E-state index contributed by atoms with van der Waals surface area (Å²) in [6, 6.07) is 0. The van der Waals surface area contributed by atoms with Gasteiger partial charge in [-0.15, -0.1) is 0 Å². The summed E-state index contributed by atoms with van der Waals surface area (Å²) in [5.41, 5.74) is -1.87. The molecule has 0 aromatic carbocycles. The quantitative estimate of drug-likeness (QED) is 0.390. The number of hydrogen-bond donors (Lipinski definition) is 0. The third kappa shape index (κ3) is 9.85. The Kier molecular flexibility index (Phi) is 19.1. The molecule has 0 rings (SSSR count). The van der Waals surface area contributed by atoms with Gasteiger partial charge in [0.05, 0.1) is 0 Å². The summed E-state index contributed by atoms with van der Waals surface area (Å²) in [4.78, 5) is 0. The summed E-state index contributed by atoms with van der Waals surface area (Å²) in [5.74, 6) is -6.93. The zero-order valence-corrected chi connectivity index (χ0v) is 19.4. The zero-order chi connectivity index (χ0) is 17.8. The van der Waals surface area contributed by atoms with Gasteiger partial charge in [-0.2, -0.15) is 45.8 Å². The topological polar surface area (TPSA) is 0 Å². The molecule has 0 amide bonds. The molecule has 0 aromatic heterocycles. The van der Waals surface area contributed by atoms with E-state index >= 15 is 0 Å². The molecule has 0 saturated heterocycles. The zero-order valence-electron chi connectivity index (χ0n) is 10.3.